The minimum absolute atomic E-state index is 0.0755. The summed E-state index contributed by atoms with van der Waals surface area (Å²) in [6.45, 7) is 6.65. The number of ether oxygens (including phenoxy) is 3. The summed E-state index contributed by atoms with van der Waals surface area (Å²) in [4.78, 5) is 38.4. The van der Waals surface area contributed by atoms with Crippen LogP contribution in [0, 0.1) is 0 Å². The lowest BCUT2D eigenvalue weighted by Crippen LogP contribution is -2.30. The van der Waals surface area contributed by atoms with Crippen LogP contribution in [-0.2, 0) is 28.6 Å². The number of carbonyl (C=O) groups excluding carboxylic acids is 3. The highest BCUT2D eigenvalue weighted by atomic mass is 16.6. The number of hydrogen-bond donors (Lipinski definition) is 0. The van der Waals surface area contributed by atoms with Gasteiger partial charge in [0.25, 0.3) is 0 Å². The summed E-state index contributed by atoms with van der Waals surface area (Å²) in [5.74, 6) is -0.870. The van der Waals surface area contributed by atoms with Crippen molar-refractivity contribution in [2.75, 3.05) is 13.2 Å². The number of esters is 3. The first-order valence-corrected chi connectivity index (χ1v) is 33.1. The highest BCUT2D eigenvalue weighted by molar-refractivity contribution is 5.71. The molecule has 6 heteroatoms. The van der Waals surface area contributed by atoms with Crippen LogP contribution in [0.4, 0.5) is 0 Å². The van der Waals surface area contributed by atoms with Crippen LogP contribution in [0.25, 0.3) is 0 Å². The second kappa shape index (κ2) is 63.9. The Kier molecular flexibility index (Phi) is 61.7. The fourth-order valence-corrected chi connectivity index (χ4v) is 9.76. The molecule has 0 spiro atoms. The van der Waals surface area contributed by atoms with Gasteiger partial charge in [0.05, 0.1) is 0 Å². The molecular formula is C69H126O6. The number of unbranched alkanes of at least 4 members (excludes halogenated alkanes) is 42. The Morgan fingerprint density at radius 3 is 0.773 bits per heavy atom. The van der Waals surface area contributed by atoms with E-state index in [1.807, 2.05) is 0 Å². The molecule has 0 N–H and O–H groups in total. The Morgan fingerprint density at radius 1 is 0.267 bits per heavy atom. The minimum atomic E-state index is -0.780. The molecule has 0 aliphatic heterocycles. The zero-order valence-corrected chi connectivity index (χ0v) is 50.3. The molecule has 0 heterocycles. The Hall–Kier alpha value is -2.63. The van der Waals surface area contributed by atoms with Gasteiger partial charge < -0.3 is 14.2 Å². The zero-order valence-electron chi connectivity index (χ0n) is 50.3. The normalized spacial score (nSPS) is 12.3. The number of carbonyl (C=O) groups is 3. The van der Waals surface area contributed by atoms with Gasteiger partial charge in [-0.1, -0.05) is 281 Å². The number of hydrogen-bond acceptors (Lipinski definition) is 6. The fourth-order valence-electron chi connectivity index (χ4n) is 9.76. The molecule has 0 unspecified atom stereocenters. The molecule has 0 saturated carbocycles. The second-order valence-electron chi connectivity index (χ2n) is 22.4. The molecule has 0 aromatic heterocycles. The van der Waals surface area contributed by atoms with Gasteiger partial charge in [-0.3, -0.25) is 14.4 Å². The molecule has 438 valence electrons. The molecule has 0 amide bonds. The molecule has 0 aliphatic rings. The first-order valence-electron chi connectivity index (χ1n) is 33.1. The summed E-state index contributed by atoms with van der Waals surface area (Å²) in [5, 5.41) is 0. The summed E-state index contributed by atoms with van der Waals surface area (Å²) < 4.78 is 17.0. The van der Waals surface area contributed by atoms with E-state index in [4.69, 9.17) is 14.2 Å². The molecule has 75 heavy (non-hydrogen) atoms. The van der Waals surface area contributed by atoms with Crippen LogP contribution in [-0.4, -0.2) is 37.2 Å². The molecule has 0 aromatic carbocycles. The largest absolute Gasteiger partial charge is 0.462 e. The predicted octanol–water partition coefficient (Wildman–Crippen LogP) is 22.6. The van der Waals surface area contributed by atoms with Crippen LogP contribution < -0.4 is 0 Å². The smallest absolute Gasteiger partial charge is 0.306 e. The van der Waals surface area contributed by atoms with Crippen molar-refractivity contribution < 1.29 is 28.6 Å². The zero-order chi connectivity index (χ0) is 54.3. The van der Waals surface area contributed by atoms with Crippen molar-refractivity contribution in [3.63, 3.8) is 0 Å². The van der Waals surface area contributed by atoms with Crippen molar-refractivity contribution in [3.8, 4) is 0 Å². The summed E-state index contributed by atoms with van der Waals surface area (Å²) in [5.41, 5.74) is 0. The number of allylic oxidation sites excluding steroid dienone is 8. The maximum absolute atomic E-state index is 12.9. The van der Waals surface area contributed by atoms with E-state index in [1.54, 1.807) is 0 Å². The molecule has 0 radical (unpaired) electrons. The highest BCUT2D eigenvalue weighted by Gasteiger charge is 2.19. The van der Waals surface area contributed by atoms with Gasteiger partial charge in [-0.25, -0.2) is 0 Å². The van der Waals surface area contributed by atoms with E-state index in [0.29, 0.717) is 19.3 Å². The van der Waals surface area contributed by atoms with Gasteiger partial charge in [0.1, 0.15) is 13.2 Å². The van der Waals surface area contributed by atoms with Gasteiger partial charge in [0.15, 0.2) is 6.10 Å². The summed E-state index contributed by atoms with van der Waals surface area (Å²) in [7, 11) is 0. The SMILES string of the molecule is CCCCC/C=C\C/C=C\CCCCCCCC(=O)OC[C@H](COC(=O)CCCCCCCCCCCCC/C=C\CCCCCCCC)OC(=O)CCCCCCCCCCCCC/C=C\CCCCCCCC. The number of rotatable bonds is 61. The molecule has 1 atom stereocenters. The third-order valence-electron chi connectivity index (χ3n) is 14.8. The van der Waals surface area contributed by atoms with Crippen molar-refractivity contribution >= 4 is 17.9 Å². The van der Waals surface area contributed by atoms with Crippen LogP contribution in [0.15, 0.2) is 48.6 Å². The lowest BCUT2D eigenvalue weighted by Gasteiger charge is -2.18. The third-order valence-corrected chi connectivity index (χ3v) is 14.8. The molecule has 0 rings (SSSR count). The maximum atomic E-state index is 12.9. The molecule has 0 bridgehead atoms. The van der Waals surface area contributed by atoms with Gasteiger partial charge in [0, 0.05) is 19.3 Å². The van der Waals surface area contributed by atoms with Crippen molar-refractivity contribution in [1.29, 1.82) is 0 Å². The third kappa shape index (κ3) is 62.1. The molecule has 0 aromatic rings. The minimum Gasteiger partial charge on any atom is -0.462 e. The van der Waals surface area contributed by atoms with Gasteiger partial charge >= 0.3 is 17.9 Å². The Bertz CT molecular complexity index is 1300. The Morgan fingerprint density at radius 2 is 0.480 bits per heavy atom. The van der Waals surface area contributed by atoms with Crippen LogP contribution in [0.1, 0.15) is 355 Å². The van der Waals surface area contributed by atoms with Crippen molar-refractivity contribution in [1.82, 2.24) is 0 Å². The van der Waals surface area contributed by atoms with E-state index in [1.165, 1.54) is 238 Å². The topological polar surface area (TPSA) is 78.9 Å². The standard InChI is InChI=1S/C69H126O6/c1-4-7-10-13-16-19-22-25-28-30-32-34-36-38-41-44-47-50-53-56-59-62-68(71)74-65-66(64-73-67(70)61-58-55-52-49-46-43-40-27-24-21-18-15-12-9-6-3)75-69(72)63-60-57-54-51-48-45-42-39-37-35-33-31-29-26-23-20-17-14-11-8-5-2/h18,21,25-29,40,66H,4-17,19-20,22-24,30-39,41-65H2,1-3H3/b21-18-,28-25-,29-26-,40-27-/t66-/m1/s1. The van der Waals surface area contributed by atoms with Gasteiger partial charge in [0.2, 0.25) is 0 Å². The van der Waals surface area contributed by atoms with Crippen LogP contribution in [0.3, 0.4) is 0 Å². The van der Waals surface area contributed by atoms with E-state index in [-0.39, 0.29) is 31.1 Å². The highest BCUT2D eigenvalue weighted by Crippen LogP contribution is 2.17. The van der Waals surface area contributed by atoms with Crippen molar-refractivity contribution in [2.45, 2.75) is 361 Å². The van der Waals surface area contributed by atoms with E-state index < -0.39 is 6.10 Å². The van der Waals surface area contributed by atoms with Gasteiger partial charge in [-0.2, -0.15) is 0 Å². The fraction of sp³-hybridized carbons (Fsp3) is 0.841. The first kappa shape index (κ1) is 72.4. The van der Waals surface area contributed by atoms with Crippen LogP contribution in [0.5, 0.6) is 0 Å². The quantitative estimate of drug-likeness (QED) is 0.0261. The van der Waals surface area contributed by atoms with E-state index in [9.17, 15) is 14.4 Å². The van der Waals surface area contributed by atoms with Crippen molar-refractivity contribution in [2.24, 2.45) is 0 Å². The molecule has 0 fully saturated rings. The summed E-state index contributed by atoms with van der Waals surface area (Å²) in [6.07, 6.45) is 79.7. The summed E-state index contributed by atoms with van der Waals surface area (Å²) >= 11 is 0. The lowest BCUT2D eigenvalue weighted by molar-refractivity contribution is -0.167. The average molecular weight is 1050 g/mol. The van der Waals surface area contributed by atoms with E-state index >= 15 is 0 Å². The average Bonchev–Trinajstić information content (AvgIpc) is 3.41. The van der Waals surface area contributed by atoms with E-state index in [2.05, 4.69) is 69.4 Å². The monoisotopic (exact) mass is 1050 g/mol. The van der Waals surface area contributed by atoms with Crippen molar-refractivity contribution in [3.05, 3.63) is 48.6 Å². The molecule has 6 nitrogen and oxygen atoms in total. The summed E-state index contributed by atoms with van der Waals surface area (Å²) in [6, 6.07) is 0. The molecular weight excluding hydrogens is 925 g/mol. The van der Waals surface area contributed by atoms with Gasteiger partial charge in [-0.05, 0) is 103 Å². The van der Waals surface area contributed by atoms with Crippen LogP contribution in [0.2, 0.25) is 0 Å². The second-order valence-corrected chi connectivity index (χ2v) is 22.4. The van der Waals surface area contributed by atoms with Crippen LogP contribution >= 0.6 is 0 Å². The first-order chi connectivity index (χ1) is 37.0. The van der Waals surface area contributed by atoms with Gasteiger partial charge in [-0.15, -0.1) is 0 Å². The van der Waals surface area contributed by atoms with E-state index in [0.717, 1.165) is 77.0 Å². The molecule has 0 aliphatic carbocycles. The Labute approximate surface area is 467 Å². The lowest BCUT2D eigenvalue weighted by atomic mass is 10.0. The molecule has 0 saturated heterocycles. The Balaban J connectivity index is 4.33. The predicted molar refractivity (Wildman–Crippen MR) is 325 cm³/mol. The maximum Gasteiger partial charge on any atom is 0.306 e.